The third-order valence-electron chi connectivity index (χ3n) is 7.28. The Hall–Kier alpha value is -2.04. The number of fused-ring (bicyclic) bond motifs is 1. The molecule has 0 N–H and O–H groups in total. The van der Waals surface area contributed by atoms with Crippen molar-refractivity contribution in [2.75, 3.05) is 37.6 Å². The van der Waals surface area contributed by atoms with Crippen molar-refractivity contribution in [3.63, 3.8) is 0 Å². The predicted octanol–water partition coefficient (Wildman–Crippen LogP) is 5.89. The number of sulfonamides is 1. The summed E-state index contributed by atoms with van der Waals surface area (Å²) < 4.78 is 29.2. The highest BCUT2D eigenvalue weighted by molar-refractivity contribution is 7.89. The van der Waals surface area contributed by atoms with E-state index in [4.69, 9.17) is 4.98 Å². The zero-order valence-corrected chi connectivity index (χ0v) is 25.4. The summed E-state index contributed by atoms with van der Waals surface area (Å²) in [7, 11) is -3.59. The molecule has 1 fully saturated rings. The number of amides is 1. The van der Waals surface area contributed by atoms with E-state index < -0.39 is 10.0 Å². The third-order valence-corrected chi connectivity index (χ3v) is 10.3. The van der Waals surface area contributed by atoms with Gasteiger partial charge in [0.15, 0.2) is 5.13 Å². The van der Waals surface area contributed by atoms with Crippen molar-refractivity contribution in [2.45, 2.75) is 64.8 Å². The van der Waals surface area contributed by atoms with E-state index in [1.165, 1.54) is 16.9 Å². The van der Waals surface area contributed by atoms with Gasteiger partial charge in [-0.1, -0.05) is 37.7 Å². The molecule has 1 aliphatic heterocycles. The second-order valence-corrected chi connectivity index (χ2v) is 12.8. The van der Waals surface area contributed by atoms with E-state index >= 15 is 0 Å². The van der Waals surface area contributed by atoms with Crippen molar-refractivity contribution in [3.05, 3.63) is 53.1 Å². The van der Waals surface area contributed by atoms with E-state index in [9.17, 15) is 13.2 Å². The van der Waals surface area contributed by atoms with Crippen LogP contribution in [0.15, 0.2) is 41.3 Å². The van der Waals surface area contributed by atoms with Crippen LogP contribution in [0.4, 0.5) is 5.13 Å². The second kappa shape index (κ2) is 12.9. The first kappa shape index (κ1) is 30.5. The maximum atomic E-state index is 13.8. The van der Waals surface area contributed by atoms with Gasteiger partial charge in [0.25, 0.3) is 5.91 Å². The van der Waals surface area contributed by atoms with Crippen LogP contribution in [0.25, 0.3) is 10.2 Å². The number of nitrogens with zero attached hydrogens (tertiary/aromatic N) is 4. The van der Waals surface area contributed by atoms with Crippen LogP contribution in [-0.4, -0.2) is 67.3 Å². The number of carbonyl (C=O) groups excluding carboxylic acids is 1. The Balaban J connectivity index is 0.00000400. The van der Waals surface area contributed by atoms with Crippen LogP contribution < -0.4 is 4.90 Å². The van der Waals surface area contributed by atoms with Gasteiger partial charge in [0, 0.05) is 31.2 Å². The highest BCUT2D eigenvalue weighted by Crippen LogP contribution is 2.33. The lowest BCUT2D eigenvalue weighted by molar-refractivity contribution is 0.0983. The monoisotopic (exact) mass is 578 g/mol. The molecule has 1 atom stereocenters. The predicted molar refractivity (Wildman–Crippen MR) is 159 cm³/mol. The highest BCUT2D eigenvalue weighted by Gasteiger charge is 2.31. The van der Waals surface area contributed by atoms with Gasteiger partial charge in [0.05, 0.1) is 15.1 Å². The molecule has 0 radical (unpaired) electrons. The average Bonchev–Trinajstić information content (AvgIpc) is 3.30. The zero-order chi connectivity index (χ0) is 26.7. The quantitative estimate of drug-likeness (QED) is 0.317. The molecule has 4 rings (SSSR count). The SMILES string of the molecule is CCN(CC)CCN(C(=O)c1ccc(S(=O)(=O)N2CCCCC2C)cc1)c1nc2c(C)cc(C)cc2s1.Cl. The number of hydrogen-bond donors (Lipinski definition) is 0. The lowest BCUT2D eigenvalue weighted by Gasteiger charge is -2.32. The Bertz CT molecular complexity index is 1350. The molecule has 0 saturated carbocycles. The molecule has 1 unspecified atom stereocenters. The number of piperidine rings is 1. The number of aryl methyl sites for hydroxylation is 2. The van der Waals surface area contributed by atoms with E-state index in [1.807, 2.05) is 13.8 Å². The molecule has 1 aliphatic rings. The van der Waals surface area contributed by atoms with Crippen molar-refractivity contribution in [3.8, 4) is 0 Å². The fourth-order valence-corrected chi connectivity index (χ4v) is 7.89. The molecule has 7 nitrogen and oxygen atoms in total. The smallest absolute Gasteiger partial charge is 0.260 e. The number of halogens is 1. The molecule has 0 spiro atoms. The zero-order valence-electron chi connectivity index (χ0n) is 22.9. The van der Waals surface area contributed by atoms with Crippen LogP contribution in [-0.2, 0) is 10.0 Å². The Labute approximate surface area is 237 Å². The molecular formula is C28H39ClN4O3S2. The largest absolute Gasteiger partial charge is 0.302 e. The van der Waals surface area contributed by atoms with Gasteiger partial charge in [-0.15, -0.1) is 12.4 Å². The molecule has 208 valence electrons. The Morgan fingerprint density at radius 2 is 1.76 bits per heavy atom. The Morgan fingerprint density at radius 1 is 1.08 bits per heavy atom. The fraction of sp³-hybridized carbons (Fsp3) is 0.500. The van der Waals surface area contributed by atoms with Crippen LogP contribution in [0, 0.1) is 13.8 Å². The van der Waals surface area contributed by atoms with Crippen LogP contribution in [0.3, 0.4) is 0 Å². The van der Waals surface area contributed by atoms with Crippen LogP contribution in [0.5, 0.6) is 0 Å². The lowest BCUT2D eigenvalue weighted by Crippen LogP contribution is -2.42. The number of rotatable bonds is 9. The summed E-state index contributed by atoms with van der Waals surface area (Å²) >= 11 is 1.52. The summed E-state index contributed by atoms with van der Waals surface area (Å²) in [5.74, 6) is -0.170. The van der Waals surface area contributed by atoms with Gasteiger partial charge in [-0.2, -0.15) is 4.31 Å². The normalized spacial score (nSPS) is 16.5. The maximum Gasteiger partial charge on any atom is 0.260 e. The summed E-state index contributed by atoms with van der Waals surface area (Å²) in [5.41, 5.74) is 3.64. The molecule has 2 aromatic carbocycles. The van der Waals surface area contributed by atoms with Gasteiger partial charge >= 0.3 is 0 Å². The lowest BCUT2D eigenvalue weighted by atomic mass is 10.1. The van der Waals surface area contributed by atoms with Crippen molar-refractivity contribution in [1.29, 1.82) is 0 Å². The topological polar surface area (TPSA) is 73.8 Å². The summed E-state index contributed by atoms with van der Waals surface area (Å²) in [4.78, 5) is 22.9. The minimum Gasteiger partial charge on any atom is -0.302 e. The van der Waals surface area contributed by atoms with E-state index in [1.54, 1.807) is 33.5 Å². The molecular weight excluding hydrogens is 540 g/mol. The van der Waals surface area contributed by atoms with Crippen molar-refractivity contribution in [1.82, 2.24) is 14.2 Å². The highest BCUT2D eigenvalue weighted by atomic mass is 35.5. The average molecular weight is 579 g/mol. The minimum absolute atomic E-state index is 0. The van der Waals surface area contributed by atoms with E-state index in [2.05, 4.69) is 37.8 Å². The Kier molecular flexibility index (Phi) is 10.3. The second-order valence-electron chi connectivity index (χ2n) is 9.89. The molecule has 1 amide bonds. The van der Waals surface area contributed by atoms with E-state index in [0.29, 0.717) is 23.8 Å². The summed E-state index contributed by atoms with van der Waals surface area (Å²) in [6, 6.07) is 10.6. The van der Waals surface area contributed by atoms with Gasteiger partial charge in [-0.25, -0.2) is 13.4 Å². The van der Waals surface area contributed by atoms with Crippen molar-refractivity contribution < 1.29 is 13.2 Å². The van der Waals surface area contributed by atoms with Gasteiger partial charge in [-0.3, -0.25) is 9.69 Å². The number of carbonyl (C=O) groups is 1. The molecule has 1 saturated heterocycles. The molecule has 10 heteroatoms. The first-order valence-electron chi connectivity index (χ1n) is 13.2. The molecule has 2 heterocycles. The van der Waals surface area contributed by atoms with Crippen molar-refractivity contribution >= 4 is 55.0 Å². The number of benzene rings is 2. The molecule has 0 bridgehead atoms. The first-order valence-corrected chi connectivity index (χ1v) is 15.4. The number of anilines is 1. The number of hydrogen-bond acceptors (Lipinski definition) is 6. The maximum absolute atomic E-state index is 13.8. The summed E-state index contributed by atoms with van der Waals surface area (Å²) in [5, 5.41) is 0.666. The standard InChI is InChI=1S/C28H38N4O3S2.ClH/c1-6-30(7-2)16-17-31(28-29-26-21(4)18-20(3)19-25(26)36-28)27(33)23-11-13-24(14-12-23)37(34,35)32-15-9-8-10-22(32)5;/h11-14,18-19,22H,6-10,15-17H2,1-5H3;1H. The van der Waals surface area contributed by atoms with Crippen LogP contribution in [0.1, 0.15) is 61.5 Å². The Morgan fingerprint density at radius 3 is 2.39 bits per heavy atom. The van der Waals surface area contributed by atoms with Crippen molar-refractivity contribution in [2.24, 2.45) is 0 Å². The molecule has 0 aliphatic carbocycles. The minimum atomic E-state index is -3.59. The van der Waals surface area contributed by atoms with Gasteiger partial charge in [0.2, 0.25) is 10.0 Å². The van der Waals surface area contributed by atoms with E-state index in [0.717, 1.165) is 54.7 Å². The summed E-state index contributed by atoms with van der Waals surface area (Å²) in [6.45, 7) is 13.9. The van der Waals surface area contributed by atoms with Crippen LogP contribution >= 0.6 is 23.7 Å². The number of likely N-dealkylation sites (N-methyl/N-ethyl adjacent to an activating group) is 1. The fourth-order valence-electron chi connectivity index (χ4n) is 5.03. The van der Waals surface area contributed by atoms with Gasteiger partial charge in [-0.05, 0) is 88.2 Å². The summed E-state index contributed by atoms with van der Waals surface area (Å²) in [6.07, 6.45) is 2.80. The molecule has 1 aromatic heterocycles. The third kappa shape index (κ3) is 6.39. The van der Waals surface area contributed by atoms with Gasteiger partial charge < -0.3 is 4.90 Å². The number of aromatic nitrogens is 1. The first-order chi connectivity index (χ1) is 17.6. The van der Waals surface area contributed by atoms with Gasteiger partial charge in [0.1, 0.15) is 0 Å². The molecule has 38 heavy (non-hydrogen) atoms. The molecule has 3 aromatic rings. The van der Waals surface area contributed by atoms with Crippen LogP contribution in [0.2, 0.25) is 0 Å². The van der Waals surface area contributed by atoms with E-state index in [-0.39, 0.29) is 29.3 Å². The number of thiazole rings is 1.